The van der Waals surface area contributed by atoms with Gasteiger partial charge in [-0.2, -0.15) is 0 Å². The lowest BCUT2D eigenvalue weighted by Crippen LogP contribution is -2.13. The zero-order valence-electron chi connectivity index (χ0n) is 7.16. The fraction of sp³-hybridized carbons (Fsp3) is 0.333. The van der Waals surface area contributed by atoms with Crippen molar-refractivity contribution in [2.24, 2.45) is 0 Å². The maximum absolute atomic E-state index is 10.9. The first-order valence-electron chi connectivity index (χ1n) is 4.24. The van der Waals surface area contributed by atoms with Crippen molar-refractivity contribution >= 4 is 11.6 Å². The van der Waals surface area contributed by atoms with Crippen molar-refractivity contribution in [2.45, 2.75) is 12.3 Å². The number of nitrogens with one attached hydrogen (secondary N) is 1. The quantitative estimate of drug-likeness (QED) is 0.646. The smallest absolute Gasteiger partial charge is 0.220 e. The molecular formula is C9H11N3O. The van der Waals surface area contributed by atoms with Crippen molar-refractivity contribution in [1.29, 1.82) is 0 Å². The van der Waals surface area contributed by atoms with Crippen LogP contribution in [0.5, 0.6) is 0 Å². The Morgan fingerprint density at radius 3 is 2.92 bits per heavy atom. The van der Waals surface area contributed by atoms with Gasteiger partial charge in [-0.15, -0.1) is 0 Å². The van der Waals surface area contributed by atoms with Crippen LogP contribution in [0.15, 0.2) is 18.3 Å². The fourth-order valence-corrected chi connectivity index (χ4v) is 1.47. The van der Waals surface area contributed by atoms with E-state index in [1.807, 2.05) is 12.1 Å². The third-order valence-electron chi connectivity index (χ3n) is 2.20. The van der Waals surface area contributed by atoms with E-state index in [1.165, 1.54) is 0 Å². The highest BCUT2D eigenvalue weighted by atomic mass is 16.1. The summed E-state index contributed by atoms with van der Waals surface area (Å²) in [4.78, 5) is 15.1. The van der Waals surface area contributed by atoms with Gasteiger partial charge in [0.25, 0.3) is 0 Å². The average molecular weight is 177 g/mol. The van der Waals surface area contributed by atoms with Gasteiger partial charge >= 0.3 is 0 Å². The molecule has 0 radical (unpaired) electrons. The standard InChI is InChI=1S/C9H11N3O/c10-7-1-2-8(11-5-7)6-3-9(13)12-4-6/h1-2,5-6H,3-4,10H2,(H,12,13)/t6-/m0/s1. The Morgan fingerprint density at radius 1 is 1.54 bits per heavy atom. The highest BCUT2D eigenvalue weighted by molar-refractivity contribution is 5.79. The first kappa shape index (κ1) is 8.04. The van der Waals surface area contributed by atoms with Crippen LogP contribution in [0.2, 0.25) is 0 Å². The first-order chi connectivity index (χ1) is 6.25. The van der Waals surface area contributed by atoms with Gasteiger partial charge in [0.05, 0.1) is 11.9 Å². The second-order valence-corrected chi connectivity index (χ2v) is 3.22. The molecule has 2 heterocycles. The molecule has 1 aliphatic heterocycles. The predicted molar refractivity (Wildman–Crippen MR) is 49.0 cm³/mol. The molecule has 2 rings (SSSR count). The molecule has 0 aliphatic carbocycles. The van der Waals surface area contributed by atoms with Gasteiger partial charge in [0.2, 0.25) is 5.91 Å². The molecule has 0 bridgehead atoms. The van der Waals surface area contributed by atoms with Gasteiger partial charge in [0.1, 0.15) is 0 Å². The highest BCUT2D eigenvalue weighted by Crippen LogP contribution is 2.21. The molecule has 1 aromatic heterocycles. The summed E-state index contributed by atoms with van der Waals surface area (Å²) < 4.78 is 0. The molecule has 1 aromatic rings. The molecule has 4 heteroatoms. The van der Waals surface area contributed by atoms with E-state index in [1.54, 1.807) is 6.20 Å². The van der Waals surface area contributed by atoms with E-state index < -0.39 is 0 Å². The van der Waals surface area contributed by atoms with Crippen molar-refractivity contribution < 1.29 is 4.79 Å². The Balaban J connectivity index is 2.17. The number of aromatic nitrogens is 1. The number of hydrogen-bond acceptors (Lipinski definition) is 3. The number of pyridine rings is 1. The maximum atomic E-state index is 10.9. The minimum absolute atomic E-state index is 0.101. The molecule has 13 heavy (non-hydrogen) atoms. The summed E-state index contributed by atoms with van der Waals surface area (Å²) >= 11 is 0. The van der Waals surface area contributed by atoms with Crippen molar-refractivity contribution in [2.75, 3.05) is 12.3 Å². The van der Waals surface area contributed by atoms with Crippen LogP contribution in [-0.2, 0) is 4.79 Å². The van der Waals surface area contributed by atoms with Crippen LogP contribution < -0.4 is 11.1 Å². The molecule has 1 atom stereocenters. The molecule has 1 fully saturated rings. The Kier molecular flexibility index (Phi) is 1.88. The van der Waals surface area contributed by atoms with Crippen LogP contribution >= 0.6 is 0 Å². The molecule has 4 nitrogen and oxygen atoms in total. The number of nitrogen functional groups attached to an aromatic ring is 1. The van der Waals surface area contributed by atoms with Crippen molar-refractivity contribution in [3.05, 3.63) is 24.0 Å². The maximum Gasteiger partial charge on any atom is 0.220 e. The summed E-state index contributed by atoms with van der Waals surface area (Å²) in [5.41, 5.74) is 7.10. The van der Waals surface area contributed by atoms with Gasteiger partial charge in [-0.25, -0.2) is 0 Å². The fourth-order valence-electron chi connectivity index (χ4n) is 1.47. The summed E-state index contributed by atoms with van der Waals surface area (Å²) in [5.74, 6) is 0.316. The molecule has 1 aliphatic rings. The van der Waals surface area contributed by atoms with Crippen LogP contribution in [0.1, 0.15) is 18.0 Å². The van der Waals surface area contributed by atoms with Gasteiger partial charge in [-0.05, 0) is 12.1 Å². The number of carbonyl (C=O) groups excluding carboxylic acids is 1. The lowest BCUT2D eigenvalue weighted by atomic mass is 10.0. The third kappa shape index (κ3) is 1.61. The molecule has 0 aromatic carbocycles. The predicted octanol–water partition coefficient (Wildman–Crippen LogP) is 0.267. The summed E-state index contributed by atoms with van der Waals surface area (Å²) in [6, 6.07) is 3.69. The number of nitrogens with zero attached hydrogens (tertiary/aromatic N) is 1. The second kappa shape index (κ2) is 3.05. The summed E-state index contributed by atoms with van der Waals surface area (Å²) in [6.45, 7) is 0.690. The van der Waals surface area contributed by atoms with E-state index >= 15 is 0 Å². The Morgan fingerprint density at radius 2 is 2.38 bits per heavy atom. The summed E-state index contributed by atoms with van der Waals surface area (Å²) in [7, 11) is 0. The number of anilines is 1. The van der Waals surface area contributed by atoms with E-state index in [0.29, 0.717) is 18.7 Å². The minimum atomic E-state index is 0.101. The highest BCUT2D eigenvalue weighted by Gasteiger charge is 2.23. The molecule has 0 saturated carbocycles. The number of hydrogen-bond donors (Lipinski definition) is 2. The van der Waals surface area contributed by atoms with Gasteiger partial charge in [0, 0.05) is 24.6 Å². The van der Waals surface area contributed by atoms with E-state index in [2.05, 4.69) is 10.3 Å². The normalized spacial score (nSPS) is 21.5. The van der Waals surface area contributed by atoms with Crippen LogP contribution in [0.3, 0.4) is 0 Å². The molecule has 0 spiro atoms. The number of carbonyl (C=O) groups is 1. The second-order valence-electron chi connectivity index (χ2n) is 3.22. The van der Waals surface area contributed by atoms with Gasteiger partial charge < -0.3 is 11.1 Å². The van der Waals surface area contributed by atoms with Crippen molar-refractivity contribution in [3.63, 3.8) is 0 Å². The average Bonchev–Trinajstić information content (AvgIpc) is 2.53. The van der Waals surface area contributed by atoms with E-state index in [0.717, 1.165) is 5.69 Å². The zero-order valence-corrected chi connectivity index (χ0v) is 7.16. The SMILES string of the molecule is Nc1ccc([C@@H]2CNC(=O)C2)nc1. The number of rotatable bonds is 1. The first-order valence-corrected chi connectivity index (χ1v) is 4.24. The topological polar surface area (TPSA) is 68.0 Å². The number of amides is 1. The lowest BCUT2D eigenvalue weighted by molar-refractivity contribution is -0.119. The van der Waals surface area contributed by atoms with Crippen molar-refractivity contribution in [1.82, 2.24) is 10.3 Å². The minimum Gasteiger partial charge on any atom is -0.397 e. The van der Waals surface area contributed by atoms with Crippen LogP contribution in [-0.4, -0.2) is 17.4 Å². The van der Waals surface area contributed by atoms with Crippen LogP contribution in [0.4, 0.5) is 5.69 Å². The molecular weight excluding hydrogens is 166 g/mol. The Hall–Kier alpha value is -1.58. The molecule has 0 unspecified atom stereocenters. The largest absolute Gasteiger partial charge is 0.397 e. The zero-order chi connectivity index (χ0) is 9.26. The Bertz CT molecular complexity index is 320. The Labute approximate surface area is 76.2 Å². The van der Waals surface area contributed by atoms with Gasteiger partial charge in [-0.3, -0.25) is 9.78 Å². The molecule has 68 valence electrons. The van der Waals surface area contributed by atoms with Gasteiger partial charge in [-0.1, -0.05) is 0 Å². The molecule has 1 amide bonds. The van der Waals surface area contributed by atoms with Gasteiger partial charge in [0.15, 0.2) is 0 Å². The van der Waals surface area contributed by atoms with E-state index in [4.69, 9.17) is 5.73 Å². The van der Waals surface area contributed by atoms with E-state index in [9.17, 15) is 4.79 Å². The van der Waals surface area contributed by atoms with Crippen LogP contribution in [0.25, 0.3) is 0 Å². The summed E-state index contributed by atoms with van der Waals surface area (Å²) in [6.07, 6.45) is 2.16. The number of nitrogens with two attached hydrogens (primary N) is 1. The summed E-state index contributed by atoms with van der Waals surface area (Å²) in [5, 5.41) is 2.77. The van der Waals surface area contributed by atoms with Crippen LogP contribution in [0, 0.1) is 0 Å². The third-order valence-corrected chi connectivity index (χ3v) is 2.20. The molecule has 1 saturated heterocycles. The lowest BCUT2D eigenvalue weighted by Gasteiger charge is -2.05. The monoisotopic (exact) mass is 177 g/mol. The molecule has 3 N–H and O–H groups in total. The van der Waals surface area contributed by atoms with E-state index in [-0.39, 0.29) is 11.8 Å². The van der Waals surface area contributed by atoms with Crippen molar-refractivity contribution in [3.8, 4) is 0 Å².